The number of nitrogens with one attached hydrogen (secondary N) is 2. The monoisotopic (exact) mass is 469 g/mol. The minimum absolute atomic E-state index is 0.0114. The molecule has 2 amide bonds. The normalized spacial score (nSPS) is 30.4. The number of amides is 2. The van der Waals surface area contributed by atoms with Crippen LogP contribution in [0.2, 0.25) is 0 Å². The van der Waals surface area contributed by atoms with Gasteiger partial charge in [0, 0.05) is 31.4 Å². The Hall–Kier alpha value is -2.25. The number of carbonyl (C=O) groups is 2. The molecular formula is C26H35N3O3S. The van der Waals surface area contributed by atoms with Crippen LogP contribution in [0.15, 0.2) is 42.0 Å². The maximum atomic E-state index is 13.0. The van der Waals surface area contributed by atoms with Gasteiger partial charge in [-0.05, 0) is 78.9 Å². The number of thiophene rings is 1. The Morgan fingerprint density at radius 1 is 1.18 bits per heavy atom. The highest BCUT2D eigenvalue weighted by molar-refractivity contribution is 7.12. The number of nitrogens with zero attached hydrogens (tertiary/aromatic N) is 1. The van der Waals surface area contributed by atoms with Gasteiger partial charge in [-0.15, -0.1) is 11.3 Å². The number of aliphatic hydroxyl groups is 1. The lowest BCUT2D eigenvalue weighted by Gasteiger charge is -2.50. The van der Waals surface area contributed by atoms with Crippen molar-refractivity contribution in [3.63, 3.8) is 0 Å². The third-order valence-corrected chi connectivity index (χ3v) is 8.78. The van der Waals surface area contributed by atoms with Crippen LogP contribution in [0.1, 0.15) is 74.5 Å². The van der Waals surface area contributed by atoms with Crippen LogP contribution >= 0.6 is 11.3 Å². The molecule has 0 aromatic carbocycles. The van der Waals surface area contributed by atoms with Gasteiger partial charge in [0.25, 0.3) is 5.91 Å². The number of hydrogen-bond acceptors (Lipinski definition) is 5. The Labute approximate surface area is 200 Å². The molecule has 2 saturated carbocycles. The minimum Gasteiger partial charge on any atom is -0.390 e. The van der Waals surface area contributed by atoms with Gasteiger partial charge in [0.2, 0.25) is 5.91 Å². The zero-order valence-corrected chi connectivity index (χ0v) is 20.6. The summed E-state index contributed by atoms with van der Waals surface area (Å²) in [5, 5.41) is 19.2. The molecule has 7 heteroatoms. The molecule has 0 bridgehead atoms. The molecule has 3 N–H and O–H groups in total. The summed E-state index contributed by atoms with van der Waals surface area (Å²) >= 11 is 1.44. The van der Waals surface area contributed by atoms with Crippen molar-refractivity contribution >= 4 is 23.2 Å². The summed E-state index contributed by atoms with van der Waals surface area (Å²) in [6.45, 7) is 6.87. The van der Waals surface area contributed by atoms with Gasteiger partial charge >= 0.3 is 0 Å². The van der Waals surface area contributed by atoms with Gasteiger partial charge in [0.15, 0.2) is 0 Å². The van der Waals surface area contributed by atoms with Crippen LogP contribution in [0.25, 0.3) is 0 Å². The quantitative estimate of drug-likeness (QED) is 0.564. The molecule has 6 nitrogen and oxygen atoms in total. The fourth-order valence-corrected chi connectivity index (χ4v) is 6.83. The first-order chi connectivity index (χ1) is 15.6. The van der Waals surface area contributed by atoms with Crippen molar-refractivity contribution in [1.82, 2.24) is 15.6 Å². The molecular weight excluding hydrogens is 434 g/mol. The molecule has 0 saturated heterocycles. The Balaban J connectivity index is 1.51. The smallest absolute Gasteiger partial charge is 0.261 e. The van der Waals surface area contributed by atoms with Crippen molar-refractivity contribution in [1.29, 1.82) is 0 Å². The second-order valence-electron chi connectivity index (χ2n) is 10.8. The van der Waals surface area contributed by atoms with Crippen molar-refractivity contribution in [2.75, 3.05) is 0 Å². The zero-order chi connectivity index (χ0) is 23.7. The van der Waals surface area contributed by atoms with Crippen LogP contribution in [0.3, 0.4) is 0 Å². The molecule has 33 heavy (non-hydrogen) atoms. The highest BCUT2D eigenvalue weighted by Crippen LogP contribution is 2.63. The van der Waals surface area contributed by atoms with E-state index in [4.69, 9.17) is 0 Å². The number of rotatable bonds is 7. The summed E-state index contributed by atoms with van der Waals surface area (Å²) in [7, 11) is 0. The summed E-state index contributed by atoms with van der Waals surface area (Å²) in [6, 6.07) is 7.53. The molecule has 0 unspecified atom stereocenters. The Morgan fingerprint density at radius 2 is 2.00 bits per heavy atom. The Kier molecular flexibility index (Phi) is 6.65. The lowest BCUT2D eigenvalue weighted by molar-refractivity contribution is -0.123. The van der Waals surface area contributed by atoms with Crippen LogP contribution in [0.5, 0.6) is 0 Å². The van der Waals surface area contributed by atoms with E-state index in [-0.39, 0.29) is 34.6 Å². The molecule has 2 aliphatic rings. The fraction of sp³-hybridized carbons (Fsp3) is 0.577. The lowest BCUT2D eigenvalue weighted by atomic mass is 9.57. The molecule has 2 aromatic heterocycles. The van der Waals surface area contributed by atoms with Crippen LogP contribution < -0.4 is 10.6 Å². The van der Waals surface area contributed by atoms with Gasteiger partial charge in [-0.3, -0.25) is 14.6 Å². The largest absolute Gasteiger partial charge is 0.390 e. The number of hydrogen-bond donors (Lipinski definition) is 3. The summed E-state index contributed by atoms with van der Waals surface area (Å²) in [5.41, 5.74) is 0.0216. The first-order valence-electron chi connectivity index (χ1n) is 11.8. The number of pyridine rings is 1. The fourth-order valence-electron chi connectivity index (χ4n) is 6.21. The van der Waals surface area contributed by atoms with Gasteiger partial charge in [0.05, 0.1) is 10.5 Å². The minimum atomic E-state index is -0.708. The summed E-state index contributed by atoms with van der Waals surface area (Å²) in [5.74, 6) is 0.204. The van der Waals surface area contributed by atoms with Crippen molar-refractivity contribution in [2.24, 2.45) is 16.7 Å². The number of fused-ring (bicyclic) bond motifs is 1. The Morgan fingerprint density at radius 3 is 2.70 bits per heavy atom. The summed E-state index contributed by atoms with van der Waals surface area (Å²) in [4.78, 5) is 30.6. The van der Waals surface area contributed by atoms with E-state index in [1.807, 2.05) is 36.6 Å². The number of carbonyl (C=O) groups excluding carboxylic acids is 2. The van der Waals surface area contributed by atoms with Crippen LogP contribution in [0.4, 0.5) is 0 Å². The average Bonchev–Trinajstić information content (AvgIpc) is 3.38. The number of aromatic nitrogens is 1. The standard InChI is InChI=1S/C26H35N3O3S/c1-24(2)15-21(29-23(31)19-7-5-13-33-19)26(11-10-25(3,32)14-20(24)26)9-8-22(30)28-17-18-6-4-12-27-16-18/h4-7,12-13,16,20-21,32H,8-11,14-15,17H2,1-3H3,(H,28,30)(H,29,31)/t20-,21-,25-,26-/m0/s1. The molecule has 2 heterocycles. The van der Waals surface area contributed by atoms with Gasteiger partial charge in [-0.2, -0.15) is 0 Å². The van der Waals surface area contributed by atoms with E-state index >= 15 is 0 Å². The van der Waals surface area contributed by atoms with Crippen molar-refractivity contribution in [3.05, 3.63) is 52.5 Å². The van der Waals surface area contributed by atoms with Crippen molar-refractivity contribution in [3.8, 4) is 0 Å². The highest BCUT2D eigenvalue weighted by Gasteiger charge is 2.61. The van der Waals surface area contributed by atoms with Crippen molar-refractivity contribution in [2.45, 2.75) is 77.5 Å². The summed E-state index contributed by atoms with van der Waals surface area (Å²) in [6.07, 6.45) is 7.61. The second-order valence-corrected chi connectivity index (χ2v) is 11.8. The third-order valence-electron chi connectivity index (χ3n) is 7.91. The van der Waals surface area contributed by atoms with Gasteiger partial charge in [0.1, 0.15) is 0 Å². The molecule has 0 radical (unpaired) electrons. The highest BCUT2D eigenvalue weighted by atomic mass is 32.1. The third kappa shape index (κ3) is 5.14. The van der Waals surface area contributed by atoms with Crippen LogP contribution in [-0.4, -0.2) is 33.5 Å². The second kappa shape index (κ2) is 9.18. The van der Waals surface area contributed by atoms with Crippen molar-refractivity contribution < 1.29 is 14.7 Å². The molecule has 4 rings (SSSR count). The van der Waals surface area contributed by atoms with E-state index in [2.05, 4.69) is 29.5 Å². The van der Waals surface area contributed by atoms with Gasteiger partial charge in [-0.1, -0.05) is 26.0 Å². The van der Waals surface area contributed by atoms with E-state index < -0.39 is 5.60 Å². The maximum Gasteiger partial charge on any atom is 0.261 e. The molecule has 4 atom stereocenters. The molecule has 178 valence electrons. The molecule has 2 aromatic rings. The van der Waals surface area contributed by atoms with Gasteiger partial charge in [-0.25, -0.2) is 0 Å². The van der Waals surface area contributed by atoms with Crippen LogP contribution in [0, 0.1) is 16.7 Å². The summed E-state index contributed by atoms with van der Waals surface area (Å²) < 4.78 is 0. The SMILES string of the molecule is CC1(C)C[C@H](NC(=O)c2cccs2)[C@@]2(CCC(=O)NCc3cccnc3)CC[C@](C)(O)C[C@@H]12. The molecule has 0 spiro atoms. The molecule has 2 fully saturated rings. The van der Waals surface area contributed by atoms with Crippen LogP contribution in [-0.2, 0) is 11.3 Å². The first kappa shape index (κ1) is 23.9. The predicted octanol–water partition coefficient (Wildman–Crippen LogP) is 4.31. The average molecular weight is 470 g/mol. The molecule has 2 aliphatic carbocycles. The van der Waals surface area contributed by atoms with E-state index in [9.17, 15) is 14.7 Å². The first-order valence-corrected chi connectivity index (χ1v) is 12.7. The van der Waals surface area contributed by atoms with E-state index in [1.54, 1.807) is 12.4 Å². The van der Waals surface area contributed by atoms with Gasteiger partial charge < -0.3 is 15.7 Å². The van der Waals surface area contributed by atoms with E-state index in [1.165, 1.54) is 11.3 Å². The zero-order valence-electron chi connectivity index (χ0n) is 19.8. The van der Waals surface area contributed by atoms with E-state index in [0.717, 1.165) is 18.4 Å². The maximum absolute atomic E-state index is 13.0. The topological polar surface area (TPSA) is 91.3 Å². The molecule has 0 aliphatic heterocycles. The van der Waals surface area contributed by atoms with E-state index in [0.29, 0.717) is 37.1 Å². The Bertz CT molecular complexity index is 974. The lowest BCUT2D eigenvalue weighted by Crippen LogP contribution is -2.52. The predicted molar refractivity (Wildman–Crippen MR) is 130 cm³/mol.